The van der Waals surface area contributed by atoms with Crippen molar-refractivity contribution < 1.29 is 10.2 Å². The van der Waals surface area contributed by atoms with Crippen molar-refractivity contribution in [3.05, 3.63) is 0 Å². The molecule has 0 aliphatic heterocycles. The maximum absolute atomic E-state index is 9.41. The number of aliphatic hydroxyl groups is 2. The highest BCUT2D eigenvalue weighted by Crippen LogP contribution is 2.19. The summed E-state index contributed by atoms with van der Waals surface area (Å²) < 4.78 is 0. The van der Waals surface area contributed by atoms with E-state index >= 15 is 0 Å². The summed E-state index contributed by atoms with van der Waals surface area (Å²) in [4.78, 5) is -1.16. The number of rotatable bonds is 10. The molecular formula is C12H26O2S. The third-order valence-electron chi connectivity index (χ3n) is 2.68. The second-order valence-electron chi connectivity index (χ2n) is 4.37. The SMILES string of the molecule is CCCCCCCCCCC(O)(S)CO. The third-order valence-corrected chi connectivity index (χ3v) is 3.05. The summed E-state index contributed by atoms with van der Waals surface area (Å²) in [6, 6.07) is 0. The van der Waals surface area contributed by atoms with E-state index in [0.29, 0.717) is 6.42 Å². The van der Waals surface area contributed by atoms with Crippen molar-refractivity contribution in [1.29, 1.82) is 0 Å². The zero-order valence-corrected chi connectivity index (χ0v) is 10.8. The molecule has 1 unspecified atom stereocenters. The van der Waals surface area contributed by atoms with Gasteiger partial charge in [-0.3, -0.25) is 0 Å². The van der Waals surface area contributed by atoms with Crippen molar-refractivity contribution in [3.63, 3.8) is 0 Å². The van der Waals surface area contributed by atoms with E-state index in [-0.39, 0.29) is 6.61 Å². The quantitative estimate of drug-likeness (QED) is 0.309. The number of unbranched alkanes of at least 4 members (excludes halogenated alkanes) is 7. The Labute approximate surface area is 99.5 Å². The summed E-state index contributed by atoms with van der Waals surface area (Å²) in [5, 5.41) is 18.2. The first-order valence-corrected chi connectivity index (χ1v) is 6.62. The zero-order chi connectivity index (χ0) is 11.6. The molecule has 0 amide bonds. The van der Waals surface area contributed by atoms with Crippen LogP contribution in [-0.2, 0) is 0 Å². The van der Waals surface area contributed by atoms with Gasteiger partial charge in [-0.05, 0) is 12.8 Å². The van der Waals surface area contributed by atoms with Crippen molar-refractivity contribution in [2.75, 3.05) is 6.61 Å². The van der Waals surface area contributed by atoms with Gasteiger partial charge in [0, 0.05) is 0 Å². The van der Waals surface area contributed by atoms with Crippen LogP contribution < -0.4 is 0 Å². The summed E-state index contributed by atoms with van der Waals surface area (Å²) in [7, 11) is 0. The fraction of sp³-hybridized carbons (Fsp3) is 1.00. The second kappa shape index (κ2) is 9.49. The molecule has 3 heteroatoms. The van der Waals surface area contributed by atoms with E-state index in [1.165, 1.54) is 38.5 Å². The van der Waals surface area contributed by atoms with Crippen molar-refractivity contribution >= 4 is 12.6 Å². The Bertz CT molecular complexity index is 138. The van der Waals surface area contributed by atoms with E-state index in [1.807, 2.05) is 0 Å². The molecule has 0 fully saturated rings. The minimum atomic E-state index is -1.16. The highest BCUT2D eigenvalue weighted by Gasteiger charge is 2.18. The van der Waals surface area contributed by atoms with Gasteiger partial charge in [0.25, 0.3) is 0 Å². The molecule has 0 aliphatic carbocycles. The van der Waals surface area contributed by atoms with Crippen LogP contribution in [0.3, 0.4) is 0 Å². The Morgan fingerprint density at radius 3 is 1.87 bits per heavy atom. The molecule has 0 radical (unpaired) electrons. The first-order valence-electron chi connectivity index (χ1n) is 6.18. The maximum Gasteiger partial charge on any atom is 0.130 e. The molecule has 0 saturated carbocycles. The minimum absolute atomic E-state index is 0.257. The number of hydrogen-bond donors (Lipinski definition) is 3. The lowest BCUT2D eigenvalue weighted by atomic mass is 10.1. The molecule has 0 spiro atoms. The lowest BCUT2D eigenvalue weighted by Gasteiger charge is -2.18. The lowest BCUT2D eigenvalue weighted by Crippen LogP contribution is -2.25. The van der Waals surface area contributed by atoms with Gasteiger partial charge in [0.1, 0.15) is 4.93 Å². The molecule has 0 saturated heterocycles. The first-order chi connectivity index (χ1) is 7.12. The Morgan fingerprint density at radius 1 is 0.933 bits per heavy atom. The molecule has 2 nitrogen and oxygen atoms in total. The minimum Gasteiger partial charge on any atom is -0.392 e. The van der Waals surface area contributed by atoms with E-state index < -0.39 is 4.93 Å². The topological polar surface area (TPSA) is 40.5 Å². The summed E-state index contributed by atoms with van der Waals surface area (Å²) in [5.74, 6) is 0. The molecule has 0 aliphatic rings. The monoisotopic (exact) mass is 234 g/mol. The maximum atomic E-state index is 9.41. The van der Waals surface area contributed by atoms with E-state index in [1.54, 1.807) is 0 Å². The van der Waals surface area contributed by atoms with Gasteiger partial charge in [-0.25, -0.2) is 0 Å². The van der Waals surface area contributed by atoms with Crippen LogP contribution in [0.1, 0.15) is 64.7 Å². The molecule has 0 aromatic heterocycles. The van der Waals surface area contributed by atoms with Crippen LogP contribution >= 0.6 is 12.6 Å². The normalized spacial score (nSPS) is 15.2. The molecule has 2 N–H and O–H groups in total. The largest absolute Gasteiger partial charge is 0.392 e. The van der Waals surface area contributed by atoms with Gasteiger partial charge in [-0.2, -0.15) is 0 Å². The highest BCUT2D eigenvalue weighted by molar-refractivity contribution is 7.81. The van der Waals surface area contributed by atoms with Gasteiger partial charge in [0.2, 0.25) is 0 Å². The van der Waals surface area contributed by atoms with Gasteiger partial charge >= 0.3 is 0 Å². The van der Waals surface area contributed by atoms with Gasteiger partial charge in [0.05, 0.1) is 6.61 Å². The molecule has 15 heavy (non-hydrogen) atoms. The van der Waals surface area contributed by atoms with Crippen LogP contribution in [0, 0.1) is 0 Å². The fourth-order valence-electron chi connectivity index (χ4n) is 1.62. The number of thiol groups is 1. The van der Waals surface area contributed by atoms with Crippen molar-refractivity contribution in [3.8, 4) is 0 Å². The highest BCUT2D eigenvalue weighted by atomic mass is 32.1. The predicted octanol–water partition coefficient (Wildman–Crippen LogP) is 3.13. The average molecular weight is 234 g/mol. The second-order valence-corrected chi connectivity index (χ2v) is 5.20. The summed E-state index contributed by atoms with van der Waals surface area (Å²) in [5.41, 5.74) is 0. The molecule has 0 bridgehead atoms. The third kappa shape index (κ3) is 10.6. The Hall–Kier alpha value is 0.270. The predicted molar refractivity (Wildman–Crippen MR) is 68.2 cm³/mol. The zero-order valence-electron chi connectivity index (χ0n) is 9.91. The smallest absolute Gasteiger partial charge is 0.130 e. The van der Waals surface area contributed by atoms with Crippen molar-refractivity contribution in [2.24, 2.45) is 0 Å². The molecule has 0 aromatic carbocycles. The van der Waals surface area contributed by atoms with E-state index in [9.17, 15) is 5.11 Å². The van der Waals surface area contributed by atoms with E-state index in [2.05, 4.69) is 19.6 Å². The van der Waals surface area contributed by atoms with E-state index in [4.69, 9.17) is 5.11 Å². The van der Waals surface area contributed by atoms with Crippen LogP contribution in [0.4, 0.5) is 0 Å². The molecular weight excluding hydrogens is 208 g/mol. The van der Waals surface area contributed by atoms with Gasteiger partial charge < -0.3 is 10.2 Å². The Morgan fingerprint density at radius 2 is 1.40 bits per heavy atom. The summed E-state index contributed by atoms with van der Waals surface area (Å²) in [6.45, 7) is 1.97. The number of aliphatic hydroxyl groups excluding tert-OH is 1. The standard InChI is InChI=1S/C12H26O2S/c1-2-3-4-5-6-7-8-9-10-12(14,15)11-13/h13-15H,2-11H2,1H3. The Kier molecular flexibility index (Phi) is 9.66. The molecule has 0 heterocycles. The van der Waals surface area contributed by atoms with Crippen molar-refractivity contribution in [1.82, 2.24) is 0 Å². The van der Waals surface area contributed by atoms with Crippen LogP contribution in [0.5, 0.6) is 0 Å². The average Bonchev–Trinajstić information content (AvgIpc) is 2.22. The van der Waals surface area contributed by atoms with Gasteiger partial charge in [0.15, 0.2) is 0 Å². The summed E-state index contributed by atoms with van der Waals surface area (Å²) in [6.07, 6.45) is 10.5. The molecule has 0 rings (SSSR count). The van der Waals surface area contributed by atoms with Crippen LogP contribution in [0.15, 0.2) is 0 Å². The Balaban J connectivity index is 3.11. The van der Waals surface area contributed by atoms with Crippen LogP contribution in [-0.4, -0.2) is 21.8 Å². The fourth-order valence-corrected chi connectivity index (χ4v) is 1.78. The molecule has 0 aromatic rings. The number of hydrogen-bond acceptors (Lipinski definition) is 3. The molecule has 92 valence electrons. The van der Waals surface area contributed by atoms with E-state index in [0.717, 1.165) is 12.8 Å². The first kappa shape index (κ1) is 15.3. The molecule has 1 atom stereocenters. The van der Waals surface area contributed by atoms with Crippen LogP contribution in [0.25, 0.3) is 0 Å². The summed E-state index contributed by atoms with van der Waals surface area (Å²) >= 11 is 3.96. The van der Waals surface area contributed by atoms with Gasteiger partial charge in [-0.15, -0.1) is 12.6 Å². The lowest BCUT2D eigenvalue weighted by molar-refractivity contribution is 0.0576. The van der Waals surface area contributed by atoms with Crippen LogP contribution in [0.2, 0.25) is 0 Å². The van der Waals surface area contributed by atoms with Crippen molar-refractivity contribution in [2.45, 2.75) is 69.6 Å². The van der Waals surface area contributed by atoms with Gasteiger partial charge in [-0.1, -0.05) is 51.9 Å².